The molecule has 1 aromatic heterocycles. The molecular formula is C11H10N2O3. The Balaban J connectivity index is 2.50. The standard InChI is InChI=1S/C11H10N2O3/c14-10(15)6-5-9-7-3-1-2-4-8(7)12-11(16)13-9/h1-4H,5-6H2,(H,14,15)(H,12,13,16). The molecular weight excluding hydrogens is 208 g/mol. The second-order valence-electron chi connectivity index (χ2n) is 3.43. The molecule has 2 rings (SSSR count). The fourth-order valence-electron chi connectivity index (χ4n) is 1.59. The number of hydrogen-bond donors (Lipinski definition) is 2. The van der Waals surface area contributed by atoms with Gasteiger partial charge in [-0.2, -0.15) is 4.98 Å². The number of H-pyrrole nitrogens is 1. The minimum atomic E-state index is -0.887. The summed E-state index contributed by atoms with van der Waals surface area (Å²) in [5.74, 6) is -0.887. The first kappa shape index (κ1) is 10.4. The number of hydrogen-bond acceptors (Lipinski definition) is 3. The summed E-state index contributed by atoms with van der Waals surface area (Å²) in [7, 11) is 0. The van der Waals surface area contributed by atoms with E-state index in [2.05, 4.69) is 9.97 Å². The van der Waals surface area contributed by atoms with Gasteiger partial charge in [0.15, 0.2) is 0 Å². The SMILES string of the molecule is O=C(O)CCc1[nH]c(=O)nc2ccccc12. The number of nitrogens with one attached hydrogen (secondary N) is 1. The van der Waals surface area contributed by atoms with Crippen LogP contribution in [0.15, 0.2) is 29.1 Å². The Morgan fingerprint density at radius 2 is 2.12 bits per heavy atom. The van der Waals surface area contributed by atoms with Crippen LogP contribution in [0.3, 0.4) is 0 Å². The second kappa shape index (κ2) is 4.14. The van der Waals surface area contributed by atoms with Crippen LogP contribution >= 0.6 is 0 Å². The van der Waals surface area contributed by atoms with Gasteiger partial charge in [-0.1, -0.05) is 18.2 Å². The number of fused-ring (bicyclic) bond motifs is 1. The van der Waals surface area contributed by atoms with Crippen molar-refractivity contribution in [1.29, 1.82) is 0 Å². The maximum Gasteiger partial charge on any atom is 0.345 e. The number of nitrogens with zero attached hydrogens (tertiary/aromatic N) is 1. The molecule has 0 radical (unpaired) electrons. The molecule has 16 heavy (non-hydrogen) atoms. The topological polar surface area (TPSA) is 83.0 Å². The number of rotatable bonds is 3. The van der Waals surface area contributed by atoms with Crippen molar-refractivity contribution in [3.8, 4) is 0 Å². The monoisotopic (exact) mass is 218 g/mol. The first-order valence-electron chi connectivity index (χ1n) is 4.86. The summed E-state index contributed by atoms with van der Waals surface area (Å²) in [6, 6.07) is 7.16. The highest BCUT2D eigenvalue weighted by Crippen LogP contribution is 2.13. The molecule has 0 aliphatic heterocycles. The van der Waals surface area contributed by atoms with Crippen molar-refractivity contribution >= 4 is 16.9 Å². The summed E-state index contributed by atoms with van der Waals surface area (Å²) in [5, 5.41) is 9.40. The second-order valence-corrected chi connectivity index (χ2v) is 3.43. The zero-order chi connectivity index (χ0) is 11.5. The van der Waals surface area contributed by atoms with E-state index in [0.717, 1.165) is 5.39 Å². The van der Waals surface area contributed by atoms with Crippen LogP contribution in [0, 0.1) is 0 Å². The van der Waals surface area contributed by atoms with Crippen molar-refractivity contribution in [2.24, 2.45) is 0 Å². The minimum Gasteiger partial charge on any atom is -0.481 e. The summed E-state index contributed by atoms with van der Waals surface area (Å²) < 4.78 is 0. The van der Waals surface area contributed by atoms with Gasteiger partial charge in [-0.05, 0) is 12.5 Å². The Labute approximate surface area is 90.8 Å². The summed E-state index contributed by atoms with van der Waals surface area (Å²) in [6.45, 7) is 0. The number of carboxylic acid groups (broad SMARTS) is 1. The van der Waals surface area contributed by atoms with Crippen LogP contribution in [0.4, 0.5) is 0 Å². The summed E-state index contributed by atoms with van der Waals surface area (Å²) in [5.41, 5.74) is 0.767. The molecule has 5 nitrogen and oxygen atoms in total. The average Bonchev–Trinajstić information content (AvgIpc) is 2.25. The summed E-state index contributed by atoms with van der Waals surface area (Å²) in [4.78, 5) is 28.1. The smallest absolute Gasteiger partial charge is 0.345 e. The molecule has 1 aromatic carbocycles. The Hall–Kier alpha value is -2.17. The van der Waals surface area contributed by atoms with Crippen LogP contribution in [-0.4, -0.2) is 21.0 Å². The lowest BCUT2D eigenvalue weighted by molar-refractivity contribution is -0.136. The van der Waals surface area contributed by atoms with Crippen LogP contribution in [0.2, 0.25) is 0 Å². The van der Waals surface area contributed by atoms with Gasteiger partial charge in [0.1, 0.15) is 0 Å². The van der Waals surface area contributed by atoms with Gasteiger partial charge >= 0.3 is 11.7 Å². The van der Waals surface area contributed by atoms with Crippen molar-refractivity contribution in [3.05, 3.63) is 40.4 Å². The molecule has 1 heterocycles. The quantitative estimate of drug-likeness (QED) is 0.803. The van der Waals surface area contributed by atoms with Crippen molar-refractivity contribution in [3.63, 3.8) is 0 Å². The van der Waals surface area contributed by atoms with E-state index >= 15 is 0 Å². The van der Waals surface area contributed by atoms with E-state index < -0.39 is 11.7 Å². The van der Waals surface area contributed by atoms with E-state index in [4.69, 9.17) is 5.11 Å². The third-order valence-electron chi connectivity index (χ3n) is 2.30. The van der Waals surface area contributed by atoms with Gasteiger partial charge in [-0.3, -0.25) is 4.79 Å². The molecule has 0 unspecified atom stereocenters. The Morgan fingerprint density at radius 3 is 2.88 bits per heavy atom. The van der Waals surface area contributed by atoms with Crippen LogP contribution < -0.4 is 5.69 Å². The number of aryl methyl sites for hydroxylation is 1. The Bertz CT molecular complexity index is 589. The van der Waals surface area contributed by atoms with Crippen LogP contribution in [0.5, 0.6) is 0 Å². The van der Waals surface area contributed by atoms with Crippen LogP contribution in [-0.2, 0) is 11.2 Å². The number of para-hydroxylation sites is 1. The maximum atomic E-state index is 11.2. The van der Waals surface area contributed by atoms with Gasteiger partial charge in [0, 0.05) is 11.1 Å². The molecule has 0 amide bonds. The molecule has 0 aliphatic rings. The van der Waals surface area contributed by atoms with Gasteiger partial charge in [-0.15, -0.1) is 0 Å². The number of aromatic amines is 1. The van der Waals surface area contributed by atoms with E-state index in [1.807, 2.05) is 12.1 Å². The fourth-order valence-corrected chi connectivity index (χ4v) is 1.59. The summed E-state index contributed by atoms with van der Waals surface area (Å²) >= 11 is 0. The molecule has 2 aromatic rings. The van der Waals surface area contributed by atoms with Gasteiger partial charge in [0.2, 0.25) is 0 Å². The molecule has 0 saturated heterocycles. The molecule has 0 saturated carbocycles. The molecule has 0 spiro atoms. The van der Waals surface area contributed by atoms with Gasteiger partial charge in [-0.25, -0.2) is 4.79 Å². The number of benzene rings is 1. The number of carboxylic acids is 1. The van der Waals surface area contributed by atoms with Gasteiger partial charge in [0.05, 0.1) is 11.9 Å². The minimum absolute atomic E-state index is 0.00997. The highest BCUT2D eigenvalue weighted by molar-refractivity contribution is 5.81. The first-order chi connectivity index (χ1) is 7.66. The lowest BCUT2D eigenvalue weighted by Crippen LogP contribution is -2.14. The molecule has 0 bridgehead atoms. The van der Waals surface area contributed by atoms with Crippen molar-refractivity contribution in [2.75, 3.05) is 0 Å². The fraction of sp³-hybridized carbons (Fsp3) is 0.182. The van der Waals surface area contributed by atoms with Gasteiger partial charge < -0.3 is 10.1 Å². The highest BCUT2D eigenvalue weighted by Gasteiger charge is 2.06. The first-order valence-corrected chi connectivity index (χ1v) is 4.86. The van der Waals surface area contributed by atoms with E-state index in [-0.39, 0.29) is 6.42 Å². The molecule has 0 aliphatic carbocycles. The van der Waals surface area contributed by atoms with E-state index in [0.29, 0.717) is 17.6 Å². The molecule has 0 atom stereocenters. The molecule has 2 N–H and O–H groups in total. The largest absolute Gasteiger partial charge is 0.481 e. The predicted octanol–water partition coefficient (Wildman–Crippen LogP) is 0.940. The Kier molecular flexibility index (Phi) is 2.68. The van der Waals surface area contributed by atoms with Crippen LogP contribution in [0.1, 0.15) is 12.1 Å². The highest BCUT2D eigenvalue weighted by atomic mass is 16.4. The maximum absolute atomic E-state index is 11.2. The van der Waals surface area contributed by atoms with Gasteiger partial charge in [0.25, 0.3) is 0 Å². The molecule has 0 fully saturated rings. The molecule has 5 heteroatoms. The zero-order valence-corrected chi connectivity index (χ0v) is 8.43. The van der Waals surface area contributed by atoms with Crippen LogP contribution in [0.25, 0.3) is 10.9 Å². The number of aliphatic carboxylic acids is 1. The zero-order valence-electron chi connectivity index (χ0n) is 8.43. The Morgan fingerprint density at radius 1 is 1.38 bits per heavy atom. The van der Waals surface area contributed by atoms with E-state index in [9.17, 15) is 9.59 Å². The average molecular weight is 218 g/mol. The lowest BCUT2D eigenvalue weighted by atomic mass is 10.1. The van der Waals surface area contributed by atoms with Crippen molar-refractivity contribution in [2.45, 2.75) is 12.8 Å². The van der Waals surface area contributed by atoms with E-state index in [1.165, 1.54) is 0 Å². The summed E-state index contributed by atoms with van der Waals surface area (Å²) in [6.07, 6.45) is 0.289. The third kappa shape index (κ3) is 2.08. The van der Waals surface area contributed by atoms with E-state index in [1.54, 1.807) is 12.1 Å². The lowest BCUT2D eigenvalue weighted by Gasteiger charge is -2.03. The predicted molar refractivity (Wildman–Crippen MR) is 58.3 cm³/mol. The van der Waals surface area contributed by atoms with Crippen molar-refractivity contribution < 1.29 is 9.90 Å². The normalized spacial score (nSPS) is 10.5. The number of carbonyl (C=O) groups is 1. The number of aromatic nitrogens is 2. The molecule has 82 valence electrons. The van der Waals surface area contributed by atoms with Crippen molar-refractivity contribution in [1.82, 2.24) is 9.97 Å². The third-order valence-corrected chi connectivity index (χ3v) is 2.30.